The van der Waals surface area contributed by atoms with Gasteiger partial charge in [0.05, 0.1) is 0 Å². The molecule has 1 aromatic rings. The number of carbonyl (C=O) groups is 2. The van der Waals surface area contributed by atoms with Gasteiger partial charge in [-0.3, -0.25) is 9.59 Å². The van der Waals surface area contributed by atoms with Gasteiger partial charge < -0.3 is 9.64 Å². The summed E-state index contributed by atoms with van der Waals surface area (Å²) in [6, 6.07) is 5.68. The zero-order chi connectivity index (χ0) is 14.9. The summed E-state index contributed by atoms with van der Waals surface area (Å²) in [5, 5.41) is 0. The van der Waals surface area contributed by atoms with Crippen LogP contribution >= 0.6 is 15.9 Å². The van der Waals surface area contributed by atoms with E-state index in [4.69, 9.17) is 4.74 Å². The largest absolute Gasteiger partial charge is 0.459 e. The van der Waals surface area contributed by atoms with E-state index >= 15 is 0 Å². The number of hydrogen-bond acceptors (Lipinski definition) is 3. The van der Waals surface area contributed by atoms with Gasteiger partial charge in [-0.05, 0) is 44.9 Å². The van der Waals surface area contributed by atoms with E-state index in [1.165, 1.54) is 0 Å². The van der Waals surface area contributed by atoms with Crippen LogP contribution in [0.1, 0.15) is 36.7 Å². The van der Waals surface area contributed by atoms with Crippen LogP contribution < -0.4 is 0 Å². The number of ether oxygens (including phenoxy) is 1. The standard InChI is InChI=1S/C15H18BrNO3/c1-15(2,3)20-13(18)9-17-7-6-10-4-5-11(16)8-12(10)14(17)19/h4-5,8H,6-7,9H2,1-3H3. The first kappa shape index (κ1) is 15.0. The van der Waals surface area contributed by atoms with Crippen molar-refractivity contribution >= 4 is 27.8 Å². The fourth-order valence-electron chi connectivity index (χ4n) is 2.17. The summed E-state index contributed by atoms with van der Waals surface area (Å²) in [6.45, 7) is 5.99. The van der Waals surface area contributed by atoms with Crippen LogP contribution in [0, 0.1) is 0 Å². The number of hydrogen-bond donors (Lipinski definition) is 0. The summed E-state index contributed by atoms with van der Waals surface area (Å²) < 4.78 is 6.12. The molecule has 5 heteroatoms. The van der Waals surface area contributed by atoms with Crippen LogP contribution in [0.15, 0.2) is 22.7 Å². The SMILES string of the molecule is CC(C)(C)OC(=O)CN1CCc2ccc(Br)cc2C1=O. The maximum Gasteiger partial charge on any atom is 0.326 e. The molecule has 1 aromatic carbocycles. The predicted molar refractivity (Wildman–Crippen MR) is 79.6 cm³/mol. The average molecular weight is 340 g/mol. The number of rotatable bonds is 2. The van der Waals surface area contributed by atoms with Gasteiger partial charge in [0.2, 0.25) is 0 Å². The minimum absolute atomic E-state index is 0.00204. The molecule has 1 heterocycles. The lowest BCUT2D eigenvalue weighted by Crippen LogP contribution is -2.42. The Morgan fingerprint density at radius 2 is 2.10 bits per heavy atom. The second-order valence-electron chi connectivity index (χ2n) is 5.86. The fourth-order valence-corrected chi connectivity index (χ4v) is 2.53. The Kier molecular flexibility index (Phi) is 4.18. The second-order valence-corrected chi connectivity index (χ2v) is 6.78. The molecule has 0 atom stereocenters. The van der Waals surface area contributed by atoms with Crippen molar-refractivity contribution in [3.05, 3.63) is 33.8 Å². The Hall–Kier alpha value is -1.36. The molecule has 1 amide bonds. The lowest BCUT2D eigenvalue weighted by molar-refractivity contribution is -0.155. The first-order chi connectivity index (χ1) is 9.26. The van der Waals surface area contributed by atoms with Crippen molar-refractivity contribution in [2.24, 2.45) is 0 Å². The molecule has 0 saturated heterocycles. The van der Waals surface area contributed by atoms with E-state index in [0.29, 0.717) is 12.1 Å². The molecule has 0 spiro atoms. The molecule has 108 valence electrons. The predicted octanol–water partition coefficient (Wildman–Crippen LogP) is 2.79. The smallest absolute Gasteiger partial charge is 0.326 e. The van der Waals surface area contributed by atoms with E-state index in [1.807, 2.05) is 32.9 Å². The van der Waals surface area contributed by atoms with Gasteiger partial charge in [-0.15, -0.1) is 0 Å². The first-order valence-corrected chi connectivity index (χ1v) is 7.35. The minimum atomic E-state index is -0.531. The summed E-state index contributed by atoms with van der Waals surface area (Å²) in [4.78, 5) is 25.7. The van der Waals surface area contributed by atoms with Gasteiger partial charge in [-0.25, -0.2) is 0 Å². The van der Waals surface area contributed by atoms with E-state index in [9.17, 15) is 9.59 Å². The third-order valence-corrected chi connectivity index (χ3v) is 3.47. The van der Waals surface area contributed by atoms with Crippen molar-refractivity contribution in [2.45, 2.75) is 32.8 Å². The van der Waals surface area contributed by atoms with Crippen LogP contribution in [-0.2, 0) is 16.0 Å². The van der Waals surface area contributed by atoms with E-state index in [1.54, 1.807) is 11.0 Å². The van der Waals surface area contributed by atoms with E-state index < -0.39 is 5.60 Å². The Bertz CT molecular complexity index is 549. The fraction of sp³-hybridized carbons (Fsp3) is 0.467. The molecule has 0 radical (unpaired) electrons. The summed E-state index contributed by atoms with van der Waals surface area (Å²) in [5.41, 5.74) is 1.16. The van der Waals surface area contributed by atoms with Gasteiger partial charge in [0.1, 0.15) is 12.1 Å². The maximum absolute atomic E-state index is 12.4. The maximum atomic E-state index is 12.4. The molecule has 1 aliphatic heterocycles. The molecule has 4 nitrogen and oxygen atoms in total. The molecule has 0 bridgehead atoms. The van der Waals surface area contributed by atoms with Crippen molar-refractivity contribution in [1.29, 1.82) is 0 Å². The van der Waals surface area contributed by atoms with Gasteiger partial charge in [0.15, 0.2) is 0 Å². The number of halogens is 1. The zero-order valence-electron chi connectivity index (χ0n) is 11.9. The number of benzene rings is 1. The zero-order valence-corrected chi connectivity index (χ0v) is 13.5. The summed E-state index contributed by atoms with van der Waals surface area (Å²) in [7, 11) is 0. The summed E-state index contributed by atoms with van der Waals surface area (Å²) in [5.74, 6) is -0.484. The van der Waals surface area contributed by atoms with Gasteiger partial charge >= 0.3 is 5.97 Å². The highest BCUT2D eigenvalue weighted by Crippen LogP contribution is 2.23. The molecule has 0 aromatic heterocycles. The number of fused-ring (bicyclic) bond motifs is 1. The quantitative estimate of drug-likeness (QED) is 0.778. The van der Waals surface area contributed by atoms with Crippen molar-refractivity contribution in [3.8, 4) is 0 Å². The Morgan fingerprint density at radius 3 is 2.75 bits per heavy atom. The number of carbonyl (C=O) groups excluding carboxylic acids is 2. The molecule has 0 fully saturated rings. The molecule has 20 heavy (non-hydrogen) atoms. The molecule has 1 aliphatic rings. The van der Waals surface area contributed by atoms with Crippen molar-refractivity contribution in [1.82, 2.24) is 4.90 Å². The normalized spacial score (nSPS) is 15.0. The van der Waals surface area contributed by atoms with Crippen LogP contribution in [0.3, 0.4) is 0 Å². The Labute approximate surface area is 127 Å². The minimum Gasteiger partial charge on any atom is -0.459 e. The van der Waals surface area contributed by atoms with E-state index in [0.717, 1.165) is 16.5 Å². The van der Waals surface area contributed by atoms with Crippen molar-refractivity contribution < 1.29 is 14.3 Å². The first-order valence-electron chi connectivity index (χ1n) is 6.56. The second kappa shape index (κ2) is 5.56. The van der Waals surface area contributed by atoms with Gasteiger partial charge in [0, 0.05) is 16.6 Å². The number of esters is 1. The van der Waals surface area contributed by atoms with Crippen molar-refractivity contribution in [3.63, 3.8) is 0 Å². The van der Waals surface area contributed by atoms with Gasteiger partial charge in [-0.1, -0.05) is 22.0 Å². The highest BCUT2D eigenvalue weighted by molar-refractivity contribution is 9.10. The highest BCUT2D eigenvalue weighted by Gasteiger charge is 2.27. The third kappa shape index (κ3) is 3.60. The van der Waals surface area contributed by atoms with Crippen molar-refractivity contribution in [2.75, 3.05) is 13.1 Å². The summed E-state index contributed by atoms with van der Waals surface area (Å²) >= 11 is 3.37. The highest BCUT2D eigenvalue weighted by atomic mass is 79.9. The average Bonchev–Trinajstić information content (AvgIpc) is 2.31. The Balaban J connectivity index is 2.09. The molecule has 2 rings (SSSR count). The lowest BCUT2D eigenvalue weighted by atomic mass is 9.99. The van der Waals surface area contributed by atoms with Crippen LogP contribution in [0.2, 0.25) is 0 Å². The molecule has 0 unspecified atom stereocenters. The Morgan fingerprint density at radius 1 is 1.40 bits per heavy atom. The van der Waals surface area contributed by atoms with E-state index in [-0.39, 0.29) is 18.4 Å². The summed E-state index contributed by atoms with van der Waals surface area (Å²) in [6.07, 6.45) is 0.761. The third-order valence-electron chi connectivity index (χ3n) is 2.98. The van der Waals surface area contributed by atoms with Crippen LogP contribution in [0.5, 0.6) is 0 Å². The topological polar surface area (TPSA) is 46.6 Å². The number of amides is 1. The molecular formula is C15H18BrNO3. The number of nitrogens with zero attached hydrogens (tertiary/aromatic N) is 1. The molecule has 0 N–H and O–H groups in total. The monoisotopic (exact) mass is 339 g/mol. The lowest BCUT2D eigenvalue weighted by Gasteiger charge is -2.29. The molecule has 0 aliphatic carbocycles. The van der Waals surface area contributed by atoms with E-state index in [2.05, 4.69) is 15.9 Å². The molecular weight excluding hydrogens is 322 g/mol. The van der Waals surface area contributed by atoms with Crippen LogP contribution in [-0.4, -0.2) is 35.5 Å². The van der Waals surface area contributed by atoms with Gasteiger partial charge in [-0.2, -0.15) is 0 Å². The molecule has 0 saturated carbocycles. The van der Waals surface area contributed by atoms with Crippen LogP contribution in [0.4, 0.5) is 0 Å². The van der Waals surface area contributed by atoms with Gasteiger partial charge in [0.25, 0.3) is 5.91 Å². The van der Waals surface area contributed by atoms with Crippen LogP contribution in [0.25, 0.3) is 0 Å².